The van der Waals surface area contributed by atoms with E-state index in [2.05, 4.69) is 0 Å². The number of nitrogens with two attached hydrogens (primary N) is 1. The van der Waals surface area contributed by atoms with Crippen molar-refractivity contribution in [3.63, 3.8) is 0 Å². The molecule has 1 unspecified atom stereocenters. The van der Waals surface area contributed by atoms with E-state index >= 15 is 0 Å². The van der Waals surface area contributed by atoms with E-state index in [0.29, 0.717) is 50.0 Å². The van der Waals surface area contributed by atoms with Gasteiger partial charge in [0.1, 0.15) is 29.0 Å². The molecule has 222 valence electrons. The number of fused-ring (bicyclic) bond motifs is 2. The number of ether oxygens (including phenoxy) is 1. The molecule has 2 saturated heterocycles. The number of ketones is 1. The van der Waals surface area contributed by atoms with E-state index in [9.17, 15) is 34.4 Å². The zero-order chi connectivity index (χ0) is 29.8. The normalized spacial score (nSPS) is 33.3. The molecular formula is C29H37FN4O7. The molecule has 1 aromatic rings. The van der Waals surface area contributed by atoms with Crippen LogP contribution in [0.4, 0.5) is 10.1 Å². The summed E-state index contributed by atoms with van der Waals surface area (Å²) < 4.78 is 19.4. The van der Waals surface area contributed by atoms with Crippen LogP contribution in [0.5, 0.6) is 5.75 Å². The van der Waals surface area contributed by atoms with E-state index in [4.69, 9.17) is 10.5 Å². The number of hydrogen-bond acceptors (Lipinski definition) is 10. The Morgan fingerprint density at radius 1 is 1.20 bits per heavy atom. The van der Waals surface area contributed by atoms with Crippen molar-refractivity contribution in [2.75, 3.05) is 46.2 Å². The highest BCUT2D eigenvalue weighted by Gasteiger charge is 2.86. The van der Waals surface area contributed by atoms with Gasteiger partial charge in [0.05, 0.1) is 11.6 Å². The molecule has 3 fully saturated rings. The van der Waals surface area contributed by atoms with Crippen molar-refractivity contribution in [3.8, 4) is 5.75 Å². The summed E-state index contributed by atoms with van der Waals surface area (Å²) in [6.07, 6.45) is 0.547. The molecule has 1 saturated carbocycles. The number of aliphatic hydroxyl groups excluding tert-OH is 2. The van der Waals surface area contributed by atoms with Gasteiger partial charge in [0, 0.05) is 56.5 Å². The molecule has 5 atom stereocenters. The van der Waals surface area contributed by atoms with E-state index in [0.717, 1.165) is 5.69 Å². The quantitative estimate of drug-likeness (QED) is 0.323. The smallest absolute Gasteiger partial charge is 0.253 e. The SMILES string of the molecule is CN(C)c1cc(CN2CCC(F)CC2)c(O)c2c1C[C@H]1C[C@H]3[C@H](N(C)C)C(O)=C(C(N)=O)C4(O)O[C@]34C(=O)C1=C2O. The predicted octanol–water partition coefficient (Wildman–Crippen LogP) is 1.12. The highest BCUT2D eigenvalue weighted by Crippen LogP contribution is 2.67. The Morgan fingerprint density at radius 2 is 1.85 bits per heavy atom. The van der Waals surface area contributed by atoms with Gasteiger partial charge in [-0.1, -0.05) is 0 Å². The largest absolute Gasteiger partial charge is 0.510 e. The number of anilines is 1. The summed E-state index contributed by atoms with van der Waals surface area (Å²) >= 11 is 0. The van der Waals surface area contributed by atoms with Gasteiger partial charge in [-0.05, 0) is 57.3 Å². The van der Waals surface area contributed by atoms with E-state index < -0.39 is 64.2 Å². The monoisotopic (exact) mass is 572 g/mol. The number of aliphatic hydroxyl groups is 3. The second kappa shape index (κ2) is 9.15. The molecule has 41 heavy (non-hydrogen) atoms. The number of likely N-dealkylation sites (tertiary alicyclic amines) is 1. The molecule has 5 aliphatic rings. The molecule has 1 aromatic carbocycles. The Morgan fingerprint density at radius 3 is 2.44 bits per heavy atom. The first kappa shape index (κ1) is 28.0. The number of aromatic hydroxyl groups is 1. The van der Waals surface area contributed by atoms with Crippen LogP contribution in [0.1, 0.15) is 36.0 Å². The van der Waals surface area contributed by atoms with Gasteiger partial charge in [-0.25, -0.2) is 4.39 Å². The van der Waals surface area contributed by atoms with Gasteiger partial charge in [-0.15, -0.1) is 0 Å². The Hall–Kier alpha value is -3.19. The number of rotatable bonds is 5. The van der Waals surface area contributed by atoms with Crippen LogP contribution >= 0.6 is 0 Å². The molecule has 0 aromatic heterocycles. The number of carbonyl (C=O) groups is 2. The Labute approximate surface area is 237 Å². The summed E-state index contributed by atoms with van der Waals surface area (Å²) in [5, 5.41) is 45.7. The third-order valence-corrected chi connectivity index (χ3v) is 9.68. The zero-order valence-corrected chi connectivity index (χ0v) is 23.6. The number of Topliss-reactive ketones (excluding diaryl/α,β-unsaturated/α-hetero) is 1. The first-order valence-corrected chi connectivity index (χ1v) is 14.0. The number of carbonyl (C=O) groups excluding carboxylic acids is 2. The summed E-state index contributed by atoms with van der Waals surface area (Å²) in [7, 11) is 7.09. The van der Waals surface area contributed by atoms with Gasteiger partial charge in [0.2, 0.25) is 11.6 Å². The number of phenols is 1. The maximum Gasteiger partial charge on any atom is 0.253 e. The van der Waals surface area contributed by atoms with Gasteiger partial charge >= 0.3 is 0 Å². The molecule has 2 heterocycles. The number of amides is 1. The molecule has 12 heteroatoms. The Balaban J connectivity index is 1.48. The number of piperidine rings is 1. The van der Waals surface area contributed by atoms with E-state index in [1.807, 2.05) is 30.0 Å². The number of halogens is 1. The lowest BCUT2D eigenvalue weighted by Gasteiger charge is -2.46. The maximum atomic E-state index is 14.3. The van der Waals surface area contributed by atoms with Crippen molar-refractivity contribution in [2.45, 2.75) is 55.8 Å². The predicted molar refractivity (Wildman–Crippen MR) is 147 cm³/mol. The van der Waals surface area contributed by atoms with Gasteiger partial charge < -0.3 is 35.8 Å². The third kappa shape index (κ3) is 3.70. The minimum absolute atomic E-state index is 0.0165. The van der Waals surface area contributed by atoms with Gasteiger partial charge in [0.25, 0.3) is 5.91 Å². The summed E-state index contributed by atoms with van der Waals surface area (Å²) in [5.74, 6) is -6.44. The number of hydrogen-bond donors (Lipinski definition) is 5. The van der Waals surface area contributed by atoms with Crippen LogP contribution in [-0.4, -0.2) is 107 Å². The van der Waals surface area contributed by atoms with Crippen LogP contribution in [0.15, 0.2) is 23.0 Å². The van der Waals surface area contributed by atoms with Crippen molar-refractivity contribution in [2.24, 2.45) is 17.6 Å². The molecule has 3 aliphatic carbocycles. The minimum atomic E-state index is -2.42. The lowest BCUT2D eigenvalue weighted by atomic mass is 9.58. The van der Waals surface area contributed by atoms with Crippen molar-refractivity contribution in [1.82, 2.24) is 9.80 Å². The van der Waals surface area contributed by atoms with E-state index in [1.165, 1.54) is 0 Å². The molecule has 6 rings (SSSR count). The highest BCUT2D eigenvalue weighted by molar-refractivity contribution is 6.14. The summed E-state index contributed by atoms with van der Waals surface area (Å²) in [5.41, 5.74) is 5.21. The molecule has 0 bridgehead atoms. The fraction of sp³-hybridized carbons (Fsp3) is 0.586. The number of epoxide rings is 1. The summed E-state index contributed by atoms with van der Waals surface area (Å²) in [6, 6.07) is 1.03. The average molecular weight is 573 g/mol. The molecule has 1 spiro atoms. The molecule has 2 aliphatic heterocycles. The average Bonchev–Trinajstić information content (AvgIpc) is 3.51. The fourth-order valence-electron chi connectivity index (χ4n) is 7.78. The van der Waals surface area contributed by atoms with Crippen LogP contribution in [0.25, 0.3) is 5.76 Å². The maximum absolute atomic E-state index is 14.3. The van der Waals surface area contributed by atoms with Crippen molar-refractivity contribution >= 4 is 23.1 Å². The van der Waals surface area contributed by atoms with Gasteiger partial charge in [-0.2, -0.15) is 0 Å². The summed E-state index contributed by atoms with van der Waals surface area (Å²) in [4.78, 5) is 32.2. The Bertz CT molecular complexity index is 1420. The number of likely N-dealkylation sites (N-methyl/N-ethyl adjacent to an activating group) is 1. The molecule has 6 N–H and O–H groups in total. The van der Waals surface area contributed by atoms with Crippen LogP contribution in [-0.2, 0) is 27.3 Å². The van der Waals surface area contributed by atoms with Gasteiger partial charge in [0.15, 0.2) is 5.60 Å². The second-order valence-corrected chi connectivity index (χ2v) is 12.5. The van der Waals surface area contributed by atoms with E-state index in [-0.39, 0.29) is 23.3 Å². The number of primary amides is 1. The number of nitrogens with zero attached hydrogens (tertiary/aromatic N) is 3. The minimum Gasteiger partial charge on any atom is -0.510 e. The lowest BCUT2D eigenvalue weighted by molar-refractivity contribution is -0.127. The molecule has 0 radical (unpaired) electrons. The van der Waals surface area contributed by atoms with E-state index in [1.54, 1.807) is 19.0 Å². The number of alkyl halides is 1. The fourth-order valence-corrected chi connectivity index (χ4v) is 7.78. The number of phenolic OH excluding ortho intramolecular Hbond substituents is 1. The first-order chi connectivity index (χ1) is 19.2. The lowest BCUT2D eigenvalue weighted by Crippen LogP contribution is -2.60. The van der Waals surface area contributed by atoms with Crippen LogP contribution < -0.4 is 10.6 Å². The second-order valence-electron chi connectivity index (χ2n) is 12.5. The first-order valence-electron chi connectivity index (χ1n) is 14.0. The highest BCUT2D eigenvalue weighted by atomic mass is 19.1. The van der Waals surface area contributed by atoms with Crippen LogP contribution in [0, 0.1) is 11.8 Å². The van der Waals surface area contributed by atoms with Crippen molar-refractivity contribution in [1.29, 1.82) is 0 Å². The van der Waals surface area contributed by atoms with Crippen LogP contribution in [0.2, 0.25) is 0 Å². The Kier molecular flexibility index (Phi) is 6.24. The van der Waals surface area contributed by atoms with Crippen molar-refractivity contribution in [3.05, 3.63) is 39.7 Å². The topological polar surface area (TPSA) is 163 Å². The molecule has 1 amide bonds. The van der Waals surface area contributed by atoms with Crippen molar-refractivity contribution < 1.29 is 39.1 Å². The van der Waals surface area contributed by atoms with Crippen LogP contribution in [0.3, 0.4) is 0 Å². The number of benzene rings is 1. The zero-order valence-electron chi connectivity index (χ0n) is 23.6. The summed E-state index contributed by atoms with van der Waals surface area (Å²) in [6.45, 7) is 1.42. The standard InChI is InChI=1S/C29H37FN4O7/c1-32(2)18-11-14(12-34-7-5-15(30)6-8-34)23(35)20-16(18)9-13-10-17-22(33(3)4)25(37)21(27(31)39)29(40)28(17,41-29)26(38)19(13)24(20)36/h11,13,15,17,22,35-37,40H,5-10,12H2,1-4H3,(H2,31,39)/t13-,17-,22-,28-,29?/m0/s1. The third-order valence-electron chi connectivity index (χ3n) is 9.68. The molecule has 11 nitrogen and oxygen atoms in total. The van der Waals surface area contributed by atoms with Gasteiger partial charge in [-0.3, -0.25) is 19.4 Å². The molecular weight excluding hydrogens is 535 g/mol.